The number of hydrogen-bond acceptors (Lipinski definition) is 2. The van der Waals surface area contributed by atoms with E-state index in [0.29, 0.717) is 5.92 Å². The molecule has 3 aliphatic rings. The van der Waals surface area contributed by atoms with Gasteiger partial charge in [0.25, 0.3) is 0 Å². The molecule has 0 saturated heterocycles. The van der Waals surface area contributed by atoms with Crippen LogP contribution in [0.5, 0.6) is 0 Å². The molecule has 1 unspecified atom stereocenters. The highest BCUT2D eigenvalue weighted by Gasteiger charge is 2.47. The molecule has 1 spiro atoms. The van der Waals surface area contributed by atoms with Crippen LogP contribution >= 0.6 is 0 Å². The van der Waals surface area contributed by atoms with Crippen molar-refractivity contribution >= 4 is 15.9 Å². The highest BCUT2D eigenvalue weighted by atomic mass is 32.2. The van der Waals surface area contributed by atoms with Gasteiger partial charge in [0, 0.05) is 17.2 Å². The highest BCUT2D eigenvalue weighted by Crippen LogP contribution is 2.41. The second-order valence-corrected chi connectivity index (χ2v) is 7.72. The van der Waals surface area contributed by atoms with Crippen LogP contribution in [0.15, 0.2) is 4.40 Å². The second-order valence-electron chi connectivity index (χ2n) is 6.38. The van der Waals surface area contributed by atoms with Gasteiger partial charge in [0.05, 0.1) is 0 Å². The fourth-order valence-corrected chi connectivity index (χ4v) is 5.62. The predicted molar refractivity (Wildman–Crippen MR) is 76.5 cm³/mol. The molecule has 0 aromatic heterocycles. The van der Waals surface area contributed by atoms with Gasteiger partial charge in [-0.05, 0) is 32.1 Å². The molecule has 3 rings (SSSR count). The number of nitrogens with one attached hydrogen (secondary N) is 1. The summed E-state index contributed by atoms with van der Waals surface area (Å²) in [5, 5.41) is 0. The molecular weight excluding hydrogens is 260 g/mol. The SMILES string of the molecule is O=S1(=O)N=C2CCCCCC2C2(CCCCCC2)N1. The molecule has 1 N–H and O–H groups in total. The van der Waals surface area contributed by atoms with Gasteiger partial charge in [-0.25, -0.2) is 0 Å². The fraction of sp³-hybridized carbons (Fsp3) is 0.929. The minimum atomic E-state index is -3.46. The largest absolute Gasteiger partial charge is 0.320 e. The summed E-state index contributed by atoms with van der Waals surface area (Å²) < 4.78 is 31.2. The predicted octanol–water partition coefficient (Wildman–Crippen LogP) is 2.95. The maximum Gasteiger partial charge on any atom is 0.320 e. The summed E-state index contributed by atoms with van der Waals surface area (Å²) in [6, 6.07) is 0. The third-order valence-electron chi connectivity index (χ3n) is 5.06. The van der Waals surface area contributed by atoms with Crippen LogP contribution < -0.4 is 4.72 Å². The fourth-order valence-electron chi connectivity index (χ4n) is 4.19. The third kappa shape index (κ3) is 2.72. The minimum absolute atomic E-state index is 0.212. The highest BCUT2D eigenvalue weighted by molar-refractivity contribution is 7.88. The molecule has 4 nitrogen and oxygen atoms in total. The summed E-state index contributed by atoms with van der Waals surface area (Å²) in [6.45, 7) is 0. The molecule has 0 bridgehead atoms. The Kier molecular flexibility index (Phi) is 3.69. The number of hydrogen-bond donors (Lipinski definition) is 1. The van der Waals surface area contributed by atoms with Crippen LogP contribution in [0.4, 0.5) is 0 Å². The summed E-state index contributed by atoms with van der Waals surface area (Å²) in [7, 11) is -3.46. The van der Waals surface area contributed by atoms with E-state index in [1.165, 1.54) is 25.7 Å². The first-order chi connectivity index (χ1) is 9.11. The van der Waals surface area contributed by atoms with E-state index in [1.54, 1.807) is 0 Å². The van der Waals surface area contributed by atoms with Gasteiger partial charge in [0.2, 0.25) is 0 Å². The van der Waals surface area contributed by atoms with Crippen LogP contribution in [0.2, 0.25) is 0 Å². The molecule has 1 atom stereocenters. The maximum atomic E-state index is 12.1. The summed E-state index contributed by atoms with van der Waals surface area (Å²) >= 11 is 0. The van der Waals surface area contributed by atoms with Gasteiger partial charge in [-0.1, -0.05) is 38.5 Å². The van der Waals surface area contributed by atoms with Crippen molar-refractivity contribution in [2.24, 2.45) is 10.3 Å². The zero-order chi connectivity index (χ0) is 13.3. The molecule has 2 fully saturated rings. The van der Waals surface area contributed by atoms with Crippen molar-refractivity contribution < 1.29 is 8.42 Å². The molecule has 5 heteroatoms. The molecule has 0 aromatic carbocycles. The van der Waals surface area contributed by atoms with Crippen LogP contribution in [0.25, 0.3) is 0 Å². The van der Waals surface area contributed by atoms with Crippen LogP contribution in [-0.2, 0) is 10.2 Å². The van der Waals surface area contributed by atoms with Gasteiger partial charge in [-0.3, -0.25) is 0 Å². The molecule has 0 aromatic rings. The van der Waals surface area contributed by atoms with Crippen LogP contribution in [0.1, 0.15) is 70.6 Å². The Labute approximate surface area is 116 Å². The normalized spacial score (nSPS) is 33.9. The lowest BCUT2D eigenvalue weighted by molar-refractivity contribution is 0.249. The zero-order valence-electron chi connectivity index (χ0n) is 11.5. The van der Waals surface area contributed by atoms with E-state index in [0.717, 1.165) is 50.7 Å². The van der Waals surface area contributed by atoms with E-state index in [2.05, 4.69) is 9.12 Å². The average molecular weight is 284 g/mol. The zero-order valence-corrected chi connectivity index (χ0v) is 12.3. The molecule has 19 heavy (non-hydrogen) atoms. The monoisotopic (exact) mass is 284 g/mol. The first kappa shape index (κ1) is 13.6. The molecular formula is C14H24N2O2S. The van der Waals surface area contributed by atoms with Crippen LogP contribution in [-0.4, -0.2) is 19.7 Å². The number of nitrogens with zero attached hydrogens (tertiary/aromatic N) is 1. The van der Waals surface area contributed by atoms with Gasteiger partial charge < -0.3 is 0 Å². The van der Waals surface area contributed by atoms with Gasteiger partial charge in [0.1, 0.15) is 0 Å². The van der Waals surface area contributed by atoms with Gasteiger partial charge >= 0.3 is 10.2 Å². The summed E-state index contributed by atoms with van der Waals surface area (Å²) in [4.78, 5) is 0. The quantitative estimate of drug-likeness (QED) is 0.743. The lowest BCUT2D eigenvalue weighted by Crippen LogP contribution is -2.58. The van der Waals surface area contributed by atoms with Crippen molar-refractivity contribution in [3.8, 4) is 0 Å². The van der Waals surface area contributed by atoms with Crippen LogP contribution in [0, 0.1) is 5.92 Å². The smallest absolute Gasteiger partial charge is 0.189 e. The summed E-state index contributed by atoms with van der Waals surface area (Å²) in [5.74, 6) is 0.358. The lowest BCUT2D eigenvalue weighted by atomic mass is 9.74. The molecule has 2 aliphatic carbocycles. The molecule has 108 valence electrons. The van der Waals surface area contributed by atoms with Crippen molar-refractivity contribution in [2.45, 2.75) is 76.2 Å². The van der Waals surface area contributed by atoms with Crippen molar-refractivity contribution in [2.75, 3.05) is 0 Å². The topological polar surface area (TPSA) is 58.5 Å². The van der Waals surface area contributed by atoms with Crippen LogP contribution in [0.3, 0.4) is 0 Å². The van der Waals surface area contributed by atoms with Crippen molar-refractivity contribution in [1.82, 2.24) is 4.72 Å². The van der Waals surface area contributed by atoms with E-state index in [1.807, 2.05) is 0 Å². The molecule has 0 amide bonds. The van der Waals surface area contributed by atoms with E-state index in [-0.39, 0.29) is 5.54 Å². The second kappa shape index (κ2) is 5.17. The van der Waals surface area contributed by atoms with E-state index in [9.17, 15) is 8.42 Å². The van der Waals surface area contributed by atoms with Gasteiger partial charge in [0.15, 0.2) is 0 Å². The van der Waals surface area contributed by atoms with E-state index >= 15 is 0 Å². The molecule has 0 radical (unpaired) electrons. The first-order valence-electron chi connectivity index (χ1n) is 7.74. The summed E-state index contributed by atoms with van der Waals surface area (Å²) in [5.41, 5.74) is 0.759. The van der Waals surface area contributed by atoms with Gasteiger partial charge in [-0.2, -0.15) is 17.5 Å². The van der Waals surface area contributed by atoms with E-state index in [4.69, 9.17) is 0 Å². The number of fused-ring (bicyclic) bond motifs is 2. The van der Waals surface area contributed by atoms with Crippen molar-refractivity contribution in [3.63, 3.8) is 0 Å². The van der Waals surface area contributed by atoms with Crippen molar-refractivity contribution in [1.29, 1.82) is 0 Å². The minimum Gasteiger partial charge on any atom is -0.189 e. The first-order valence-corrected chi connectivity index (χ1v) is 9.18. The maximum absolute atomic E-state index is 12.1. The Balaban J connectivity index is 2.00. The third-order valence-corrected chi connectivity index (χ3v) is 6.20. The standard InChI is InChI=1S/C14H24N2O2S/c17-19(18)15-13-9-5-3-4-8-12(13)14(16-19)10-6-1-2-7-11-14/h12,16H,1-11H2. The summed E-state index contributed by atoms with van der Waals surface area (Å²) in [6.07, 6.45) is 12.3. The van der Waals surface area contributed by atoms with E-state index < -0.39 is 10.2 Å². The molecule has 1 aliphatic heterocycles. The molecule has 2 saturated carbocycles. The Bertz CT molecular complexity index is 462. The Hall–Kier alpha value is -0.420. The molecule has 1 heterocycles. The Morgan fingerprint density at radius 3 is 2.42 bits per heavy atom. The lowest BCUT2D eigenvalue weighted by Gasteiger charge is -2.43. The average Bonchev–Trinajstić information content (AvgIpc) is 2.69. The number of rotatable bonds is 0. The Morgan fingerprint density at radius 2 is 1.68 bits per heavy atom. The van der Waals surface area contributed by atoms with Crippen molar-refractivity contribution in [3.05, 3.63) is 0 Å². The Morgan fingerprint density at radius 1 is 1.00 bits per heavy atom. The van der Waals surface area contributed by atoms with Gasteiger partial charge in [-0.15, -0.1) is 0 Å².